The first-order chi connectivity index (χ1) is 14.5. The number of aryl methyl sites for hydroxylation is 2. The van der Waals surface area contributed by atoms with E-state index in [4.69, 9.17) is 0 Å². The average Bonchev–Trinajstić information content (AvgIpc) is 3.29. The maximum absolute atomic E-state index is 13.2. The fourth-order valence-electron chi connectivity index (χ4n) is 3.96. The van der Waals surface area contributed by atoms with Crippen LogP contribution in [0.1, 0.15) is 35.5 Å². The van der Waals surface area contributed by atoms with Crippen molar-refractivity contribution >= 4 is 11.9 Å². The zero-order valence-electron chi connectivity index (χ0n) is 17.3. The van der Waals surface area contributed by atoms with Crippen LogP contribution in [-0.4, -0.2) is 55.0 Å². The van der Waals surface area contributed by atoms with E-state index in [0.717, 1.165) is 22.4 Å². The van der Waals surface area contributed by atoms with Crippen LogP contribution in [0.4, 0.5) is 4.79 Å². The Balaban J connectivity index is 1.73. The molecule has 1 atom stereocenters. The molecule has 1 unspecified atom stereocenters. The zero-order chi connectivity index (χ0) is 21.3. The lowest BCUT2D eigenvalue weighted by atomic mass is 10.1. The molecule has 8 heteroatoms. The van der Waals surface area contributed by atoms with E-state index < -0.39 is 6.04 Å². The minimum Gasteiger partial charge on any atom is -0.305 e. The monoisotopic (exact) mass is 404 g/mol. The second-order valence-corrected chi connectivity index (χ2v) is 7.39. The third kappa shape index (κ3) is 3.34. The number of amides is 3. The molecular weight excluding hydrogens is 380 g/mol. The molecule has 0 N–H and O–H groups in total. The molecule has 1 aliphatic heterocycles. The first-order valence-electron chi connectivity index (χ1n) is 10.0. The third-order valence-corrected chi connectivity index (χ3v) is 5.48. The number of nitrogens with zero attached hydrogens (tertiary/aromatic N) is 6. The average molecular weight is 404 g/mol. The molecule has 1 aromatic heterocycles. The van der Waals surface area contributed by atoms with Gasteiger partial charge in [0, 0.05) is 13.1 Å². The smallest absolute Gasteiger partial charge is 0.305 e. The van der Waals surface area contributed by atoms with Gasteiger partial charge in [-0.25, -0.2) is 4.79 Å². The van der Waals surface area contributed by atoms with E-state index >= 15 is 0 Å². The Morgan fingerprint density at radius 2 is 1.67 bits per heavy atom. The molecule has 0 spiro atoms. The predicted molar refractivity (Wildman–Crippen MR) is 111 cm³/mol. The summed E-state index contributed by atoms with van der Waals surface area (Å²) in [6.45, 7) is 6.44. The van der Waals surface area contributed by atoms with Crippen molar-refractivity contribution in [2.45, 2.75) is 33.2 Å². The van der Waals surface area contributed by atoms with Gasteiger partial charge in [0.1, 0.15) is 0 Å². The largest absolute Gasteiger partial charge is 0.327 e. The Morgan fingerprint density at radius 3 is 2.33 bits per heavy atom. The van der Waals surface area contributed by atoms with Crippen LogP contribution in [-0.2, 0) is 11.2 Å². The van der Waals surface area contributed by atoms with Crippen LogP contribution < -0.4 is 0 Å². The van der Waals surface area contributed by atoms with Crippen LogP contribution in [0.25, 0.3) is 5.69 Å². The lowest BCUT2D eigenvalue weighted by Gasteiger charge is -2.22. The van der Waals surface area contributed by atoms with E-state index in [1.54, 1.807) is 16.5 Å². The van der Waals surface area contributed by atoms with Gasteiger partial charge in [-0.1, -0.05) is 48.5 Å². The summed E-state index contributed by atoms with van der Waals surface area (Å²) >= 11 is 0. The van der Waals surface area contributed by atoms with Crippen LogP contribution in [0.3, 0.4) is 0 Å². The Labute approximate surface area is 175 Å². The molecule has 30 heavy (non-hydrogen) atoms. The summed E-state index contributed by atoms with van der Waals surface area (Å²) < 4.78 is 1.59. The van der Waals surface area contributed by atoms with E-state index in [1.807, 2.05) is 62.4 Å². The van der Waals surface area contributed by atoms with E-state index in [-0.39, 0.29) is 11.9 Å². The van der Waals surface area contributed by atoms with E-state index in [2.05, 4.69) is 15.5 Å². The number of carbonyl (C=O) groups is 2. The zero-order valence-corrected chi connectivity index (χ0v) is 17.3. The number of tetrazole rings is 1. The molecule has 1 fully saturated rings. The summed E-state index contributed by atoms with van der Waals surface area (Å²) in [6.07, 6.45) is 0.638. The topological polar surface area (TPSA) is 84.2 Å². The molecule has 154 valence electrons. The van der Waals surface area contributed by atoms with Gasteiger partial charge >= 0.3 is 6.03 Å². The van der Waals surface area contributed by atoms with Crippen LogP contribution in [0, 0.1) is 13.8 Å². The van der Waals surface area contributed by atoms with Crippen molar-refractivity contribution < 1.29 is 9.59 Å². The van der Waals surface area contributed by atoms with E-state index in [0.29, 0.717) is 25.3 Å². The van der Waals surface area contributed by atoms with Crippen molar-refractivity contribution in [2.24, 2.45) is 0 Å². The molecule has 0 saturated carbocycles. The standard InChI is InChI=1S/C22H24N6O2/c1-4-26-21(29)19(27(22(26)30)14-13-17-11-6-5-7-12-17)20-23-24-25-28(20)18-15(2)9-8-10-16(18)3/h5-12,19H,4,13-14H2,1-3H3. The minimum atomic E-state index is -0.852. The highest BCUT2D eigenvalue weighted by molar-refractivity contribution is 6.04. The first kappa shape index (κ1) is 19.8. The summed E-state index contributed by atoms with van der Waals surface area (Å²) in [4.78, 5) is 29.0. The van der Waals surface area contributed by atoms with Gasteiger partial charge in [-0.05, 0) is 54.3 Å². The molecule has 2 aromatic carbocycles. The fraction of sp³-hybridized carbons (Fsp3) is 0.318. The molecule has 1 aliphatic rings. The van der Waals surface area contributed by atoms with Crippen molar-refractivity contribution in [1.82, 2.24) is 30.0 Å². The quantitative estimate of drug-likeness (QED) is 0.590. The molecule has 3 amide bonds. The summed E-state index contributed by atoms with van der Waals surface area (Å²) in [5, 5.41) is 12.2. The second kappa shape index (κ2) is 8.06. The number of carbonyl (C=O) groups excluding carboxylic acids is 2. The number of imide groups is 1. The molecule has 8 nitrogen and oxygen atoms in total. The molecular formula is C22H24N6O2. The lowest BCUT2D eigenvalue weighted by Crippen LogP contribution is -2.34. The number of benzene rings is 2. The predicted octanol–water partition coefficient (Wildman–Crippen LogP) is 2.85. The van der Waals surface area contributed by atoms with Gasteiger partial charge < -0.3 is 4.90 Å². The highest BCUT2D eigenvalue weighted by atomic mass is 16.2. The first-order valence-corrected chi connectivity index (χ1v) is 10.0. The number of para-hydroxylation sites is 1. The maximum atomic E-state index is 13.2. The van der Waals surface area contributed by atoms with Crippen LogP contribution in [0.15, 0.2) is 48.5 Å². The van der Waals surface area contributed by atoms with E-state index in [1.165, 1.54) is 4.90 Å². The van der Waals surface area contributed by atoms with Crippen molar-refractivity contribution in [3.05, 3.63) is 71.0 Å². The van der Waals surface area contributed by atoms with Gasteiger partial charge in [0.25, 0.3) is 5.91 Å². The third-order valence-electron chi connectivity index (χ3n) is 5.48. The summed E-state index contributed by atoms with van der Waals surface area (Å²) in [5.74, 6) is 0.0626. The van der Waals surface area contributed by atoms with Crippen LogP contribution >= 0.6 is 0 Å². The van der Waals surface area contributed by atoms with Gasteiger partial charge in [0.15, 0.2) is 11.9 Å². The van der Waals surface area contributed by atoms with Crippen molar-refractivity contribution in [3.63, 3.8) is 0 Å². The maximum Gasteiger partial charge on any atom is 0.327 e. The number of likely N-dealkylation sites (N-methyl/N-ethyl adjacent to an activating group) is 1. The molecule has 0 bridgehead atoms. The number of urea groups is 1. The Kier molecular flexibility index (Phi) is 5.31. The van der Waals surface area contributed by atoms with Crippen LogP contribution in [0.5, 0.6) is 0 Å². The highest BCUT2D eigenvalue weighted by Crippen LogP contribution is 2.31. The van der Waals surface area contributed by atoms with Crippen molar-refractivity contribution in [3.8, 4) is 5.69 Å². The molecule has 3 aromatic rings. The summed E-state index contributed by atoms with van der Waals surface area (Å²) in [6, 6.07) is 14.7. The fourth-order valence-corrected chi connectivity index (χ4v) is 3.96. The molecule has 2 heterocycles. The van der Waals surface area contributed by atoms with Crippen LogP contribution in [0.2, 0.25) is 0 Å². The molecule has 1 saturated heterocycles. The van der Waals surface area contributed by atoms with Gasteiger partial charge in [-0.2, -0.15) is 4.68 Å². The Bertz CT molecular complexity index is 1060. The molecule has 0 aliphatic carbocycles. The van der Waals surface area contributed by atoms with Gasteiger partial charge in [-0.3, -0.25) is 9.69 Å². The minimum absolute atomic E-state index is 0.294. The number of rotatable bonds is 6. The SMILES string of the molecule is CCN1C(=O)C(c2nnnn2-c2c(C)cccc2C)N(CCc2ccccc2)C1=O. The summed E-state index contributed by atoms with van der Waals surface area (Å²) in [7, 11) is 0. The van der Waals surface area contributed by atoms with Crippen molar-refractivity contribution in [1.29, 1.82) is 0 Å². The molecule has 4 rings (SSSR count). The number of aromatic nitrogens is 4. The van der Waals surface area contributed by atoms with Crippen molar-refractivity contribution in [2.75, 3.05) is 13.1 Å². The molecule has 0 radical (unpaired) electrons. The normalized spacial score (nSPS) is 16.6. The van der Waals surface area contributed by atoms with Gasteiger partial charge in [-0.15, -0.1) is 5.10 Å². The van der Waals surface area contributed by atoms with E-state index in [9.17, 15) is 9.59 Å². The number of hydrogen-bond acceptors (Lipinski definition) is 5. The summed E-state index contributed by atoms with van der Waals surface area (Å²) in [5.41, 5.74) is 3.91. The Hall–Kier alpha value is -3.55. The second-order valence-electron chi connectivity index (χ2n) is 7.39. The number of hydrogen-bond donors (Lipinski definition) is 0. The van der Waals surface area contributed by atoms with Gasteiger partial charge in [0.2, 0.25) is 0 Å². The lowest BCUT2D eigenvalue weighted by molar-refractivity contribution is -0.128. The van der Waals surface area contributed by atoms with Gasteiger partial charge in [0.05, 0.1) is 5.69 Å². The Morgan fingerprint density at radius 1 is 0.967 bits per heavy atom. The highest BCUT2D eigenvalue weighted by Gasteiger charge is 2.47.